The Balaban J connectivity index is 2.48. The van der Waals surface area contributed by atoms with Crippen molar-refractivity contribution in [3.8, 4) is 11.5 Å². The molecular formula is C9H7BrIN3O. The van der Waals surface area contributed by atoms with Crippen LogP contribution >= 0.6 is 38.5 Å². The third-order valence-electron chi connectivity index (χ3n) is 1.80. The summed E-state index contributed by atoms with van der Waals surface area (Å²) in [6.07, 6.45) is 0. The predicted octanol–water partition coefficient (Wildman–Crippen LogP) is 2.56. The fourth-order valence-electron chi connectivity index (χ4n) is 1.11. The van der Waals surface area contributed by atoms with Crippen molar-refractivity contribution in [2.45, 2.75) is 6.54 Å². The maximum Gasteiger partial charge on any atom is 0.248 e. The zero-order valence-corrected chi connectivity index (χ0v) is 11.3. The molecule has 0 radical (unpaired) electrons. The molecule has 2 rings (SSSR count). The first-order valence-electron chi connectivity index (χ1n) is 4.18. The zero-order chi connectivity index (χ0) is 10.8. The summed E-state index contributed by atoms with van der Waals surface area (Å²) in [5.74, 6) is 0.946. The van der Waals surface area contributed by atoms with Crippen LogP contribution < -0.4 is 5.73 Å². The van der Waals surface area contributed by atoms with Gasteiger partial charge in [-0.3, -0.25) is 0 Å². The van der Waals surface area contributed by atoms with Crippen molar-refractivity contribution in [2.75, 3.05) is 0 Å². The van der Waals surface area contributed by atoms with Gasteiger partial charge in [-0.15, -0.1) is 10.2 Å². The molecule has 0 saturated carbocycles. The summed E-state index contributed by atoms with van der Waals surface area (Å²) in [5, 5.41) is 7.76. The van der Waals surface area contributed by atoms with Crippen LogP contribution in [-0.2, 0) is 6.54 Å². The number of rotatable bonds is 2. The van der Waals surface area contributed by atoms with Gasteiger partial charge in [0.05, 0.1) is 12.1 Å². The van der Waals surface area contributed by atoms with Crippen molar-refractivity contribution in [1.29, 1.82) is 0 Å². The third-order valence-corrected chi connectivity index (χ3v) is 3.23. The number of hydrogen-bond acceptors (Lipinski definition) is 4. The van der Waals surface area contributed by atoms with Gasteiger partial charge in [0.15, 0.2) is 0 Å². The van der Waals surface area contributed by atoms with Crippen LogP contribution in [0.15, 0.2) is 27.1 Å². The van der Waals surface area contributed by atoms with E-state index in [0.717, 1.165) is 13.6 Å². The molecule has 0 fully saturated rings. The summed E-state index contributed by atoms with van der Waals surface area (Å²) >= 11 is 5.62. The smallest absolute Gasteiger partial charge is 0.248 e. The first-order valence-corrected chi connectivity index (χ1v) is 6.06. The van der Waals surface area contributed by atoms with Crippen LogP contribution in [0.25, 0.3) is 11.5 Å². The molecule has 0 aliphatic rings. The fraction of sp³-hybridized carbons (Fsp3) is 0.111. The molecule has 0 spiro atoms. The number of nitrogens with zero attached hydrogens (tertiary/aromatic N) is 2. The lowest BCUT2D eigenvalue weighted by Gasteiger charge is -1.99. The van der Waals surface area contributed by atoms with Gasteiger partial charge in [0.1, 0.15) is 0 Å². The van der Waals surface area contributed by atoms with Crippen molar-refractivity contribution in [1.82, 2.24) is 10.2 Å². The topological polar surface area (TPSA) is 64.9 Å². The summed E-state index contributed by atoms with van der Waals surface area (Å²) in [6, 6.07) is 5.88. The maximum atomic E-state index is 5.40. The van der Waals surface area contributed by atoms with E-state index in [4.69, 9.17) is 10.2 Å². The Hall–Kier alpha value is -0.470. The first-order chi connectivity index (χ1) is 7.20. The summed E-state index contributed by atoms with van der Waals surface area (Å²) in [7, 11) is 0. The van der Waals surface area contributed by atoms with Gasteiger partial charge in [-0.25, -0.2) is 0 Å². The largest absolute Gasteiger partial charge is 0.419 e. The molecule has 1 aromatic carbocycles. The van der Waals surface area contributed by atoms with Crippen LogP contribution in [0.5, 0.6) is 0 Å². The van der Waals surface area contributed by atoms with Crippen molar-refractivity contribution in [3.63, 3.8) is 0 Å². The summed E-state index contributed by atoms with van der Waals surface area (Å²) < 4.78 is 7.42. The number of benzene rings is 1. The molecule has 78 valence electrons. The highest BCUT2D eigenvalue weighted by Gasteiger charge is 2.11. The minimum absolute atomic E-state index is 0.261. The molecule has 2 N–H and O–H groups in total. The third kappa shape index (κ3) is 2.37. The number of nitrogens with two attached hydrogens (primary N) is 1. The number of hydrogen-bond donors (Lipinski definition) is 1. The van der Waals surface area contributed by atoms with E-state index < -0.39 is 0 Å². The molecule has 0 amide bonds. The van der Waals surface area contributed by atoms with E-state index >= 15 is 0 Å². The van der Waals surface area contributed by atoms with Gasteiger partial charge in [-0.1, -0.05) is 15.9 Å². The Morgan fingerprint density at radius 2 is 2.20 bits per heavy atom. The van der Waals surface area contributed by atoms with Gasteiger partial charge in [0.2, 0.25) is 11.8 Å². The van der Waals surface area contributed by atoms with E-state index in [-0.39, 0.29) is 6.54 Å². The monoisotopic (exact) mass is 379 g/mol. The zero-order valence-electron chi connectivity index (χ0n) is 7.58. The Morgan fingerprint density at radius 1 is 1.40 bits per heavy atom. The quantitative estimate of drug-likeness (QED) is 0.814. The first kappa shape index (κ1) is 11.0. The lowest BCUT2D eigenvalue weighted by atomic mass is 10.2. The van der Waals surface area contributed by atoms with Crippen LogP contribution in [0, 0.1) is 3.57 Å². The van der Waals surface area contributed by atoms with Crippen LogP contribution in [-0.4, -0.2) is 10.2 Å². The maximum absolute atomic E-state index is 5.40. The van der Waals surface area contributed by atoms with Crippen LogP contribution in [0.3, 0.4) is 0 Å². The molecule has 0 unspecified atom stereocenters. The number of halogens is 2. The van der Waals surface area contributed by atoms with E-state index in [1.165, 1.54) is 0 Å². The normalized spacial score (nSPS) is 10.6. The minimum Gasteiger partial charge on any atom is -0.419 e. The molecule has 0 bridgehead atoms. The van der Waals surface area contributed by atoms with E-state index in [0.29, 0.717) is 11.8 Å². The SMILES string of the molecule is NCc1nnc(-c2cc(Br)ccc2I)o1. The fourth-order valence-corrected chi connectivity index (χ4v) is 2.03. The molecule has 0 aliphatic heterocycles. The predicted molar refractivity (Wildman–Crippen MR) is 68.0 cm³/mol. The summed E-state index contributed by atoms with van der Waals surface area (Å²) in [6.45, 7) is 0.261. The summed E-state index contributed by atoms with van der Waals surface area (Å²) in [4.78, 5) is 0. The highest BCUT2D eigenvalue weighted by atomic mass is 127. The van der Waals surface area contributed by atoms with E-state index in [1.54, 1.807) is 0 Å². The Labute approximate surface area is 109 Å². The molecule has 0 saturated heterocycles. The molecule has 2 aromatic rings. The Morgan fingerprint density at radius 3 is 2.87 bits per heavy atom. The molecule has 0 aliphatic carbocycles. The van der Waals surface area contributed by atoms with E-state index in [9.17, 15) is 0 Å². The second-order valence-corrected chi connectivity index (χ2v) is 4.91. The second kappa shape index (κ2) is 4.58. The van der Waals surface area contributed by atoms with Gasteiger partial charge in [0, 0.05) is 8.04 Å². The summed E-state index contributed by atoms with van der Waals surface area (Å²) in [5.41, 5.74) is 6.32. The van der Waals surface area contributed by atoms with Gasteiger partial charge in [-0.05, 0) is 40.8 Å². The highest BCUT2D eigenvalue weighted by molar-refractivity contribution is 14.1. The van der Waals surface area contributed by atoms with E-state index in [1.807, 2.05) is 18.2 Å². The molecule has 1 aromatic heterocycles. The minimum atomic E-state index is 0.261. The molecule has 4 nitrogen and oxygen atoms in total. The van der Waals surface area contributed by atoms with Crippen LogP contribution in [0.4, 0.5) is 0 Å². The van der Waals surface area contributed by atoms with Crippen molar-refractivity contribution in [3.05, 3.63) is 32.1 Å². The molecule has 15 heavy (non-hydrogen) atoms. The van der Waals surface area contributed by atoms with Gasteiger partial charge >= 0.3 is 0 Å². The average Bonchev–Trinajstić information content (AvgIpc) is 2.70. The standard InChI is InChI=1S/C9H7BrIN3O/c10-5-1-2-7(11)6(3-5)9-14-13-8(4-12)15-9/h1-3H,4,12H2. The molecule has 0 atom stereocenters. The molecular weight excluding hydrogens is 373 g/mol. The Bertz CT molecular complexity index is 486. The van der Waals surface area contributed by atoms with Crippen molar-refractivity contribution in [2.24, 2.45) is 5.73 Å². The van der Waals surface area contributed by atoms with E-state index in [2.05, 4.69) is 48.7 Å². The van der Waals surface area contributed by atoms with Gasteiger partial charge < -0.3 is 10.2 Å². The lowest BCUT2D eigenvalue weighted by molar-refractivity contribution is 0.508. The van der Waals surface area contributed by atoms with Crippen molar-refractivity contribution >= 4 is 38.5 Å². The highest BCUT2D eigenvalue weighted by Crippen LogP contribution is 2.27. The van der Waals surface area contributed by atoms with Crippen LogP contribution in [0.1, 0.15) is 5.89 Å². The van der Waals surface area contributed by atoms with Gasteiger partial charge in [0.25, 0.3) is 0 Å². The Kier molecular flexibility index (Phi) is 3.37. The number of aromatic nitrogens is 2. The molecule has 1 heterocycles. The molecule has 6 heteroatoms. The van der Waals surface area contributed by atoms with Crippen molar-refractivity contribution < 1.29 is 4.42 Å². The van der Waals surface area contributed by atoms with Gasteiger partial charge in [-0.2, -0.15) is 0 Å². The van der Waals surface area contributed by atoms with Crippen LogP contribution in [0.2, 0.25) is 0 Å². The lowest BCUT2D eigenvalue weighted by Crippen LogP contribution is -1.95. The second-order valence-electron chi connectivity index (χ2n) is 2.83. The average molecular weight is 380 g/mol.